The number of rotatable bonds is 13. The molecule has 0 saturated carbocycles. The molecule has 0 saturated heterocycles. The summed E-state index contributed by atoms with van der Waals surface area (Å²) < 4.78 is 10.9. The summed E-state index contributed by atoms with van der Waals surface area (Å²) >= 11 is 0. The van der Waals surface area contributed by atoms with Crippen LogP contribution in [0.5, 0.6) is 0 Å². The first-order chi connectivity index (χ1) is 8.35. The maximum atomic E-state index is 8.54. The van der Waals surface area contributed by atoms with E-state index >= 15 is 0 Å². The second-order valence-corrected chi connectivity index (χ2v) is 4.44. The lowest BCUT2D eigenvalue weighted by molar-refractivity contribution is -0.00741. The molecule has 0 heterocycles. The second kappa shape index (κ2) is 13.9. The van der Waals surface area contributed by atoms with Gasteiger partial charge < -0.3 is 14.6 Å². The molecule has 1 unspecified atom stereocenters. The number of ether oxygens (including phenoxy) is 2. The molecular weight excluding hydrogens is 216 g/mol. The van der Waals surface area contributed by atoms with Gasteiger partial charge in [0, 0.05) is 0 Å². The minimum atomic E-state index is 0.0919. The van der Waals surface area contributed by atoms with E-state index in [0.29, 0.717) is 25.9 Å². The van der Waals surface area contributed by atoms with E-state index in [1.54, 1.807) is 0 Å². The lowest BCUT2D eigenvalue weighted by Crippen LogP contribution is -2.16. The van der Waals surface area contributed by atoms with Crippen molar-refractivity contribution >= 4 is 0 Å². The van der Waals surface area contributed by atoms with Crippen molar-refractivity contribution < 1.29 is 14.6 Å². The molecule has 0 aliphatic carbocycles. The number of aliphatic hydroxyl groups is 1. The van der Waals surface area contributed by atoms with Crippen LogP contribution >= 0.6 is 0 Å². The first-order valence-electron chi connectivity index (χ1n) is 7.15. The molecule has 104 valence electrons. The first kappa shape index (κ1) is 16.9. The van der Waals surface area contributed by atoms with Crippen molar-refractivity contribution in [2.75, 3.05) is 26.4 Å². The third-order valence-electron chi connectivity index (χ3n) is 2.90. The van der Waals surface area contributed by atoms with Crippen LogP contribution in [0.25, 0.3) is 0 Å². The Morgan fingerprint density at radius 1 is 0.941 bits per heavy atom. The molecule has 3 nitrogen and oxygen atoms in total. The minimum absolute atomic E-state index is 0.0919. The van der Waals surface area contributed by atoms with Crippen molar-refractivity contribution in [2.24, 2.45) is 0 Å². The number of aliphatic hydroxyl groups excluding tert-OH is 1. The van der Waals surface area contributed by atoms with E-state index in [0.717, 1.165) is 6.42 Å². The highest BCUT2D eigenvalue weighted by atomic mass is 16.5. The van der Waals surface area contributed by atoms with Crippen molar-refractivity contribution in [1.29, 1.82) is 0 Å². The lowest BCUT2D eigenvalue weighted by Gasteiger charge is -2.16. The molecule has 0 rings (SSSR count). The molecule has 1 N–H and O–H groups in total. The SMILES string of the molecule is CCCCCCCC(CC)OCCOCCO. The van der Waals surface area contributed by atoms with E-state index in [1.807, 2.05) is 0 Å². The molecular formula is C14H30O3. The number of unbranched alkanes of at least 4 members (excludes halogenated alkanes) is 4. The zero-order valence-electron chi connectivity index (χ0n) is 11.6. The smallest absolute Gasteiger partial charge is 0.0704 e. The van der Waals surface area contributed by atoms with E-state index in [1.165, 1.54) is 38.5 Å². The fraction of sp³-hybridized carbons (Fsp3) is 1.00. The van der Waals surface area contributed by atoms with Crippen molar-refractivity contribution in [2.45, 2.75) is 64.9 Å². The Labute approximate surface area is 107 Å². The van der Waals surface area contributed by atoms with Crippen LogP contribution in [-0.2, 0) is 9.47 Å². The van der Waals surface area contributed by atoms with Gasteiger partial charge in [0.25, 0.3) is 0 Å². The molecule has 0 amide bonds. The highest BCUT2D eigenvalue weighted by Crippen LogP contribution is 2.11. The maximum absolute atomic E-state index is 8.54. The van der Waals surface area contributed by atoms with Crippen molar-refractivity contribution in [3.63, 3.8) is 0 Å². The van der Waals surface area contributed by atoms with Gasteiger partial charge in [0.05, 0.1) is 32.5 Å². The van der Waals surface area contributed by atoms with Gasteiger partial charge in [-0.3, -0.25) is 0 Å². The second-order valence-electron chi connectivity index (χ2n) is 4.44. The van der Waals surface area contributed by atoms with Gasteiger partial charge in [-0.1, -0.05) is 46.0 Å². The van der Waals surface area contributed by atoms with E-state index in [9.17, 15) is 0 Å². The van der Waals surface area contributed by atoms with Gasteiger partial charge in [-0.2, -0.15) is 0 Å². The molecule has 1 atom stereocenters. The van der Waals surface area contributed by atoms with Gasteiger partial charge in [-0.25, -0.2) is 0 Å². The molecule has 17 heavy (non-hydrogen) atoms. The van der Waals surface area contributed by atoms with Crippen LogP contribution in [0.2, 0.25) is 0 Å². The normalized spacial score (nSPS) is 12.9. The fourth-order valence-electron chi connectivity index (χ4n) is 1.82. The lowest BCUT2D eigenvalue weighted by atomic mass is 10.1. The van der Waals surface area contributed by atoms with Crippen molar-refractivity contribution in [3.05, 3.63) is 0 Å². The van der Waals surface area contributed by atoms with Gasteiger partial charge in [-0.05, 0) is 12.8 Å². The summed E-state index contributed by atoms with van der Waals surface area (Å²) in [5, 5.41) is 8.54. The third-order valence-corrected chi connectivity index (χ3v) is 2.90. The molecule has 0 bridgehead atoms. The topological polar surface area (TPSA) is 38.7 Å². The Balaban J connectivity index is 3.30. The summed E-state index contributed by atoms with van der Waals surface area (Å²) in [4.78, 5) is 0. The molecule has 3 heteroatoms. The molecule has 0 aromatic heterocycles. The van der Waals surface area contributed by atoms with E-state index in [4.69, 9.17) is 14.6 Å². The Bertz CT molecular complexity index is 125. The average Bonchev–Trinajstić information content (AvgIpc) is 2.36. The quantitative estimate of drug-likeness (QED) is 0.507. The van der Waals surface area contributed by atoms with Crippen LogP contribution in [0.1, 0.15) is 58.8 Å². The Kier molecular flexibility index (Phi) is 13.8. The summed E-state index contributed by atoms with van der Waals surface area (Å²) in [7, 11) is 0. The zero-order chi connectivity index (χ0) is 12.8. The molecule has 0 spiro atoms. The minimum Gasteiger partial charge on any atom is -0.394 e. The van der Waals surface area contributed by atoms with Crippen LogP contribution in [0, 0.1) is 0 Å². The van der Waals surface area contributed by atoms with Gasteiger partial charge in [0.1, 0.15) is 0 Å². The molecule has 0 aromatic carbocycles. The largest absolute Gasteiger partial charge is 0.394 e. The van der Waals surface area contributed by atoms with Crippen LogP contribution < -0.4 is 0 Å². The van der Waals surface area contributed by atoms with Crippen LogP contribution in [-0.4, -0.2) is 37.6 Å². The molecule has 0 radical (unpaired) electrons. The van der Waals surface area contributed by atoms with Gasteiger partial charge in [0.2, 0.25) is 0 Å². The van der Waals surface area contributed by atoms with Crippen molar-refractivity contribution in [1.82, 2.24) is 0 Å². The van der Waals surface area contributed by atoms with E-state index in [2.05, 4.69) is 13.8 Å². The Morgan fingerprint density at radius 3 is 2.35 bits per heavy atom. The first-order valence-corrected chi connectivity index (χ1v) is 7.15. The molecule has 0 aliphatic rings. The molecule has 0 aliphatic heterocycles. The molecule has 0 fully saturated rings. The summed E-state index contributed by atoms with van der Waals surface area (Å²) in [6.07, 6.45) is 9.24. The van der Waals surface area contributed by atoms with Gasteiger partial charge in [0.15, 0.2) is 0 Å². The zero-order valence-corrected chi connectivity index (χ0v) is 11.6. The standard InChI is InChI=1S/C14H30O3/c1-3-5-6-7-8-9-14(4-2)17-13-12-16-11-10-15/h14-15H,3-13H2,1-2H3. The maximum Gasteiger partial charge on any atom is 0.0704 e. The highest BCUT2D eigenvalue weighted by molar-refractivity contribution is 4.56. The van der Waals surface area contributed by atoms with Gasteiger partial charge in [-0.15, -0.1) is 0 Å². The molecule has 0 aromatic rings. The van der Waals surface area contributed by atoms with Crippen LogP contribution in [0.3, 0.4) is 0 Å². The third kappa shape index (κ3) is 12.1. The summed E-state index contributed by atoms with van der Waals surface area (Å²) in [6, 6.07) is 0. The van der Waals surface area contributed by atoms with Crippen molar-refractivity contribution in [3.8, 4) is 0 Å². The van der Waals surface area contributed by atoms with Crippen LogP contribution in [0.4, 0.5) is 0 Å². The van der Waals surface area contributed by atoms with E-state index < -0.39 is 0 Å². The Hall–Kier alpha value is -0.120. The predicted molar refractivity (Wildman–Crippen MR) is 71.3 cm³/mol. The number of hydrogen-bond donors (Lipinski definition) is 1. The highest BCUT2D eigenvalue weighted by Gasteiger charge is 2.05. The van der Waals surface area contributed by atoms with Crippen LogP contribution in [0.15, 0.2) is 0 Å². The van der Waals surface area contributed by atoms with E-state index in [-0.39, 0.29) is 6.61 Å². The summed E-state index contributed by atoms with van der Waals surface area (Å²) in [6.45, 7) is 6.15. The monoisotopic (exact) mass is 246 g/mol. The fourth-order valence-corrected chi connectivity index (χ4v) is 1.82. The Morgan fingerprint density at radius 2 is 1.71 bits per heavy atom. The van der Waals surface area contributed by atoms with Gasteiger partial charge >= 0.3 is 0 Å². The predicted octanol–water partition coefficient (Wildman–Crippen LogP) is 3.15. The number of hydrogen-bond acceptors (Lipinski definition) is 3. The summed E-state index contributed by atoms with van der Waals surface area (Å²) in [5.74, 6) is 0. The summed E-state index contributed by atoms with van der Waals surface area (Å²) in [5.41, 5.74) is 0. The average molecular weight is 246 g/mol.